The van der Waals surface area contributed by atoms with Gasteiger partial charge < -0.3 is 4.74 Å². The fraction of sp³-hybridized carbons (Fsp3) is 0.304. The average molecular weight is 388 g/mol. The van der Waals surface area contributed by atoms with Crippen LogP contribution in [0.3, 0.4) is 0 Å². The third kappa shape index (κ3) is 2.30. The maximum absolute atomic E-state index is 13.2. The number of imide groups is 1. The lowest BCUT2D eigenvalue weighted by Crippen LogP contribution is -2.40. The first kappa shape index (κ1) is 16.9. The van der Waals surface area contributed by atoms with E-state index >= 15 is 0 Å². The standard InChI is InChI=1S/C23H20N2O4/c1-12-7-9-14(10-8-12)18-17-19-15-16(20(28-19)21(17)29-24-18)23(27)25(22(15)26)11-13-5-3-2-4-6-13/h2-10,15-16,19-21,24H,11H2,1H3/t15-,16+,19-,20+,21+/m0/s1. The predicted molar refractivity (Wildman–Crippen MR) is 104 cm³/mol. The molecule has 4 aliphatic heterocycles. The number of rotatable bonds is 3. The largest absolute Gasteiger partial charge is 0.366 e. The summed E-state index contributed by atoms with van der Waals surface area (Å²) in [4.78, 5) is 33.5. The van der Waals surface area contributed by atoms with Gasteiger partial charge >= 0.3 is 0 Å². The number of benzene rings is 2. The van der Waals surface area contributed by atoms with Crippen LogP contribution >= 0.6 is 0 Å². The normalized spacial score (nSPS) is 32.0. The van der Waals surface area contributed by atoms with E-state index in [0.717, 1.165) is 22.4 Å². The molecule has 5 atom stereocenters. The highest BCUT2D eigenvalue weighted by Gasteiger charge is 2.69. The minimum Gasteiger partial charge on any atom is -0.366 e. The summed E-state index contributed by atoms with van der Waals surface area (Å²) in [6.45, 7) is 2.34. The second-order valence-corrected chi connectivity index (χ2v) is 8.16. The summed E-state index contributed by atoms with van der Waals surface area (Å²) in [5, 5.41) is 0. The van der Waals surface area contributed by atoms with Crippen LogP contribution in [0.5, 0.6) is 0 Å². The Morgan fingerprint density at radius 2 is 1.66 bits per heavy atom. The number of hydrogen-bond acceptors (Lipinski definition) is 5. The highest BCUT2D eigenvalue weighted by Crippen LogP contribution is 2.54. The van der Waals surface area contributed by atoms with E-state index in [1.807, 2.05) is 61.5 Å². The molecule has 4 heterocycles. The van der Waals surface area contributed by atoms with Gasteiger partial charge in [-0.2, -0.15) is 0 Å². The molecule has 6 rings (SSSR count). The highest BCUT2D eigenvalue weighted by atomic mass is 16.7. The van der Waals surface area contributed by atoms with Gasteiger partial charge in [0, 0.05) is 11.1 Å². The first-order valence-electron chi connectivity index (χ1n) is 9.91. The zero-order valence-corrected chi connectivity index (χ0v) is 15.9. The molecular weight excluding hydrogens is 368 g/mol. The average Bonchev–Trinajstić information content (AvgIpc) is 3.47. The van der Waals surface area contributed by atoms with E-state index < -0.39 is 24.0 Å². The number of aryl methyl sites for hydroxylation is 1. The molecule has 146 valence electrons. The minimum atomic E-state index is -0.468. The van der Waals surface area contributed by atoms with Crippen molar-refractivity contribution in [2.24, 2.45) is 11.8 Å². The van der Waals surface area contributed by atoms with Crippen LogP contribution in [0.2, 0.25) is 0 Å². The molecule has 0 saturated carbocycles. The van der Waals surface area contributed by atoms with Crippen LogP contribution in [0, 0.1) is 18.8 Å². The van der Waals surface area contributed by atoms with Gasteiger partial charge in [0.25, 0.3) is 0 Å². The molecule has 2 aromatic carbocycles. The maximum atomic E-state index is 13.2. The molecule has 0 spiro atoms. The number of fused-ring (bicyclic) bond motifs is 8. The molecule has 0 aliphatic carbocycles. The van der Waals surface area contributed by atoms with Crippen LogP contribution in [0.1, 0.15) is 16.7 Å². The van der Waals surface area contributed by atoms with Crippen molar-refractivity contribution in [1.82, 2.24) is 10.4 Å². The van der Waals surface area contributed by atoms with Crippen LogP contribution in [0.15, 0.2) is 60.2 Å². The Morgan fingerprint density at radius 1 is 0.931 bits per heavy atom. The molecule has 2 aromatic rings. The van der Waals surface area contributed by atoms with Crippen LogP contribution in [-0.2, 0) is 25.7 Å². The van der Waals surface area contributed by atoms with Gasteiger partial charge in [-0.05, 0) is 12.5 Å². The van der Waals surface area contributed by atoms with Gasteiger partial charge in [0.05, 0.1) is 30.2 Å². The SMILES string of the molecule is Cc1ccc(C2=C3[C@@H](ON2)[C@@H]2O[C@H]3[C@H]3C(=O)N(Cc4ccccc4)C(=O)[C@@H]23)cc1. The van der Waals surface area contributed by atoms with Gasteiger partial charge in [-0.3, -0.25) is 24.8 Å². The molecule has 0 unspecified atom stereocenters. The first-order chi connectivity index (χ1) is 14.1. The van der Waals surface area contributed by atoms with Crippen LogP contribution in [0.4, 0.5) is 0 Å². The van der Waals surface area contributed by atoms with Crippen molar-refractivity contribution in [3.8, 4) is 0 Å². The topological polar surface area (TPSA) is 67.9 Å². The predicted octanol–water partition coefficient (Wildman–Crippen LogP) is 2.19. The Bertz CT molecular complexity index is 1050. The smallest absolute Gasteiger partial charge is 0.236 e. The second-order valence-electron chi connectivity index (χ2n) is 8.16. The van der Waals surface area contributed by atoms with E-state index in [1.54, 1.807) is 0 Å². The highest BCUT2D eigenvalue weighted by molar-refractivity contribution is 6.07. The van der Waals surface area contributed by atoms with Gasteiger partial charge in [0.1, 0.15) is 12.2 Å². The van der Waals surface area contributed by atoms with Crippen molar-refractivity contribution in [2.75, 3.05) is 0 Å². The third-order valence-electron chi connectivity index (χ3n) is 6.48. The summed E-state index contributed by atoms with van der Waals surface area (Å²) in [6.07, 6.45) is -1.17. The second kappa shape index (κ2) is 6.02. The zero-order chi connectivity index (χ0) is 19.7. The van der Waals surface area contributed by atoms with Gasteiger partial charge in [-0.1, -0.05) is 60.2 Å². The van der Waals surface area contributed by atoms with Gasteiger partial charge in [-0.15, -0.1) is 0 Å². The molecule has 3 fully saturated rings. The molecule has 6 nitrogen and oxygen atoms in total. The molecule has 4 aliphatic rings. The summed E-state index contributed by atoms with van der Waals surface area (Å²) < 4.78 is 6.13. The fourth-order valence-corrected chi connectivity index (χ4v) is 5.11. The van der Waals surface area contributed by atoms with Crippen LogP contribution in [0.25, 0.3) is 5.70 Å². The molecule has 0 radical (unpaired) electrons. The Kier molecular flexibility index (Phi) is 3.52. The third-order valence-corrected chi connectivity index (χ3v) is 6.48. The number of hydroxylamine groups is 1. The minimum absolute atomic E-state index is 0.141. The fourth-order valence-electron chi connectivity index (χ4n) is 5.11. The van der Waals surface area contributed by atoms with E-state index in [2.05, 4.69) is 5.48 Å². The zero-order valence-electron chi connectivity index (χ0n) is 15.9. The number of ether oxygens (including phenoxy) is 1. The molecule has 0 aromatic heterocycles. The van der Waals surface area contributed by atoms with Crippen LogP contribution < -0.4 is 5.48 Å². The summed E-state index contributed by atoms with van der Waals surface area (Å²) in [5.41, 5.74) is 7.97. The van der Waals surface area contributed by atoms with Crippen molar-refractivity contribution in [3.05, 3.63) is 76.9 Å². The lowest BCUT2D eigenvalue weighted by molar-refractivity contribution is -0.144. The summed E-state index contributed by atoms with van der Waals surface area (Å²) in [6, 6.07) is 17.8. The van der Waals surface area contributed by atoms with E-state index in [0.29, 0.717) is 6.54 Å². The number of hydrogen-bond donors (Lipinski definition) is 1. The molecule has 2 amide bonds. The lowest BCUT2D eigenvalue weighted by atomic mass is 9.76. The van der Waals surface area contributed by atoms with Gasteiger partial charge in [0.2, 0.25) is 11.8 Å². The molecule has 1 N–H and O–H groups in total. The Morgan fingerprint density at radius 3 is 2.41 bits per heavy atom. The summed E-state index contributed by atoms with van der Waals surface area (Å²) in [7, 11) is 0. The number of nitrogens with zero attached hydrogens (tertiary/aromatic N) is 1. The number of amides is 2. The van der Waals surface area contributed by atoms with E-state index in [4.69, 9.17) is 9.57 Å². The lowest BCUT2D eigenvalue weighted by Gasteiger charge is -2.22. The molecule has 29 heavy (non-hydrogen) atoms. The molecule has 2 bridgehead atoms. The Hall–Kier alpha value is -2.96. The van der Waals surface area contributed by atoms with Crippen molar-refractivity contribution >= 4 is 17.5 Å². The Balaban J connectivity index is 1.35. The Labute approximate surface area is 168 Å². The number of nitrogens with one attached hydrogen (secondary N) is 1. The number of likely N-dealkylation sites (tertiary alicyclic amines) is 1. The van der Waals surface area contributed by atoms with Crippen molar-refractivity contribution in [3.63, 3.8) is 0 Å². The van der Waals surface area contributed by atoms with Crippen molar-refractivity contribution < 1.29 is 19.2 Å². The number of carbonyl (C=O) groups excluding carboxylic acids is 2. The monoisotopic (exact) mass is 388 g/mol. The van der Waals surface area contributed by atoms with Crippen molar-refractivity contribution in [2.45, 2.75) is 31.8 Å². The quantitative estimate of drug-likeness (QED) is 0.817. The molecular formula is C23H20N2O4. The van der Waals surface area contributed by atoms with E-state index in [-0.39, 0.29) is 17.9 Å². The van der Waals surface area contributed by atoms with E-state index in [9.17, 15) is 9.59 Å². The maximum Gasteiger partial charge on any atom is 0.236 e. The summed E-state index contributed by atoms with van der Waals surface area (Å²) in [5.74, 6) is -1.23. The van der Waals surface area contributed by atoms with Crippen LogP contribution in [-0.4, -0.2) is 35.0 Å². The summed E-state index contributed by atoms with van der Waals surface area (Å²) >= 11 is 0. The van der Waals surface area contributed by atoms with Gasteiger partial charge in [-0.25, -0.2) is 0 Å². The number of carbonyl (C=O) groups is 2. The van der Waals surface area contributed by atoms with Crippen molar-refractivity contribution in [1.29, 1.82) is 0 Å². The molecule has 3 saturated heterocycles. The molecule has 6 heteroatoms. The van der Waals surface area contributed by atoms with Gasteiger partial charge in [0.15, 0.2) is 0 Å². The van der Waals surface area contributed by atoms with E-state index in [1.165, 1.54) is 10.5 Å². The first-order valence-corrected chi connectivity index (χ1v) is 9.91.